The number of benzene rings is 1. The van der Waals surface area contributed by atoms with Gasteiger partial charge in [-0.3, -0.25) is 5.41 Å². The Labute approximate surface area is 113 Å². The number of nitrogens with one attached hydrogen (secondary N) is 2. The second kappa shape index (κ2) is 6.08. The van der Waals surface area contributed by atoms with Gasteiger partial charge in [-0.05, 0) is 36.1 Å². The lowest BCUT2D eigenvalue weighted by atomic mass is 10.0. The van der Waals surface area contributed by atoms with Gasteiger partial charge in [-0.2, -0.15) is 0 Å². The average Bonchev–Trinajstić information content (AvgIpc) is 2.39. The summed E-state index contributed by atoms with van der Waals surface area (Å²) in [6.45, 7) is 3.94. The molecule has 0 aromatic heterocycles. The molecular weight excluding hydrogens is 242 g/mol. The highest BCUT2D eigenvalue weighted by Crippen LogP contribution is 2.29. The van der Waals surface area contributed by atoms with Gasteiger partial charge in [0.05, 0.1) is 5.69 Å². The van der Waals surface area contributed by atoms with E-state index in [-0.39, 0.29) is 5.96 Å². The molecule has 1 aromatic carbocycles. The summed E-state index contributed by atoms with van der Waals surface area (Å²) in [7, 11) is 1.51. The number of carbonyl (C=O) groups excluding carboxylic acids is 1. The van der Waals surface area contributed by atoms with Crippen LogP contribution in [0.4, 0.5) is 16.2 Å². The molecule has 0 aliphatic heterocycles. The fraction of sp³-hybridized carbons (Fsp3) is 0.385. The van der Waals surface area contributed by atoms with Crippen LogP contribution in [0.1, 0.15) is 25.0 Å². The third-order valence-corrected chi connectivity index (χ3v) is 2.93. The van der Waals surface area contributed by atoms with Crippen molar-refractivity contribution in [1.82, 2.24) is 5.32 Å². The van der Waals surface area contributed by atoms with E-state index in [1.807, 2.05) is 26.0 Å². The van der Waals surface area contributed by atoms with Crippen molar-refractivity contribution in [1.29, 1.82) is 5.41 Å². The fourth-order valence-electron chi connectivity index (χ4n) is 2.06. The number of nitrogens with zero attached hydrogens (tertiary/aromatic N) is 1. The fourth-order valence-corrected chi connectivity index (χ4v) is 2.06. The Morgan fingerprint density at radius 1 is 1.32 bits per heavy atom. The summed E-state index contributed by atoms with van der Waals surface area (Å²) in [5.41, 5.74) is 14.5. The molecule has 0 spiro atoms. The predicted octanol–water partition coefficient (Wildman–Crippen LogP) is 1.43. The number of rotatable bonds is 3. The summed E-state index contributed by atoms with van der Waals surface area (Å²) < 4.78 is 0. The van der Waals surface area contributed by atoms with Crippen molar-refractivity contribution in [3.05, 3.63) is 23.3 Å². The Hall–Kier alpha value is -2.24. The third-order valence-electron chi connectivity index (χ3n) is 2.93. The van der Waals surface area contributed by atoms with Gasteiger partial charge in [-0.1, -0.05) is 13.8 Å². The van der Waals surface area contributed by atoms with Crippen LogP contribution < -0.4 is 21.7 Å². The first-order valence-electron chi connectivity index (χ1n) is 6.23. The Morgan fingerprint density at radius 3 is 2.11 bits per heavy atom. The molecule has 19 heavy (non-hydrogen) atoms. The van der Waals surface area contributed by atoms with E-state index in [4.69, 9.17) is 16.9 Å². The van der Waals surface area contributed by atoms with Crippen LogP contribution in [0, 0.1) is 5.41 Å². The van der Waals surface area contributed by atoms with Gasteiger partial charge in [0.25, 0.3) is 0 Å². The molecule has 0 saturated heterocycles. The van der Waals surface area contributed by atoms with Gasteiger partial charge in [0, 0.05) is 12.7 Å². The smallest absolute Gasteiger partial charge is 0.328 e. The van der Waals surface area contributed by atoms with E-state index in [9.17, 15) is 4.79 Å². The number of hydrogen-bond donors (Lipinski definition) is 4. The Bertz CT molecular complexity index is 473. The maximum atomic E-state index is 11.9. The first-order valence-corrected chi connectivity index (χ1v) is 6.23. The molecule has 0 fully saturated rings. The zero-order valence-electron chi connectivity index (χ0n) is 11.6. The van der Waals surface area contributed by atoms with Crippen LogP contribution in [0.3, 0.4) is 0 Å². The van der Waals surface area contributed by atoms with Crippen molar-refractivity contribution in [2.24, 2.45) is 5.73 Å². The molecule has 6 nitrogen and oxygen atoms in total. The van der Waals surface area contributed by atoms with Gasteiger partial charge >= 0.3 is 6.03 Å². The van der Waals surface area contributed by atoms with Gasteiger partial charge in [-0.25, -0.2) is 9.69 Å². The monoisotopic (exact) mass is 263 g/mol. The van der Waals surface area contributed by atoms with Crippen molar-refractivity contribution in [2.45, 2.75) is 26.7 Å². The molecule has 1 rings (SSSR count). The van der Waals surface area contributed by atoms with E-state index in [0.29, 0.717) is 24.2 Å². The summed E-state index contributed by atoms with van der Waals surface area (Å²) in [5, 5.41) is 10.1. The highest BCUT2D eigenvalue weighted by molar-refractivity contribution is 6.14. The Balaban J connectivity index is 3.52. The number of nitrogens with two attached hydrogens (primary N) is 2. The summed E-state index contributed by atoms with van der Waals surface area (Å²) in [5.74, 6) is -0.312. The molecule has 0 saturated carbocycles. The molecule has 0 radical (unpaired) electrons. The molecule has 0 atom stereocenters. The molecule has 0 aliphatic rings. The minimum atomic E-state index is -0.429. The highest BCUT2D eigenvalue weighted by Gasteiger charge is 2.23. The SMILES string of the molecule is CCc1cc(N)cc(CC)c1N(C(=N)N)C(=O)NC. The lowest BCUT2D eigenvalue weighted by molar-refractivity contribution is 0.251. The largest absolute Gasteiger partial charge is 0.399 e. The minimum Gasteiger partial charge on any atom is -0.399 e. The number of anilines is 2. The van der Waals surface area contributed by atoms with Gasteiger partial charge < -0.3 is 16.8 Å². The topological polar surface area (TPSA) is 108 Å². The number of nitrogen functional groups attached to an aromatic ring is 1. The normalized spacial score (nSPS) is 10.1. The van der Waals surface area contributed by atoms with Gasteiger partial charge in [0.1, 0.15) is 0 Å². The van der Waals surface area contributed by atoms with Crippen LogP contribution >= 0.6 is 0 Å². The molecule has 1 aromatic rings. The Kier molecular flexibility index (Phi) is 4.74. The van der Waals surface area contributed by atoms with E-state index in [1.54, 1.807) is 0 Å². The zero-order chi connectivity index (χ0) is 14.6. The van der Waals surface area contributed by atoms with Crippen molar-refractivity contribution in [2.75, 3.05) is 17.7 Å². The number of aryl methyl sites for hydroxylation is 2. The number of carbonyl (C=O) groups is 1. The molecule has 0 aliphatic carbocycles. The molecule has 104 valence electrons. The highest BCUT2D eigenvalue weighted by atomic mass is 16.2. The first-order chi connectivity index (χ1) is 8.96. The van der Waals surface area contributed by atoms with Gasteiger partial charge in [-0.15, -0.1) is 0 Å². The van der Waals surface area contributed by atoms with Crippen molar-refractivity contribution in [3.63, 3.8) is 0 Å². The molecular formula is C13H21N5O. The van der Waals surface area contributed by atoms with Gasteiger partial charge in [0.2, 0.25) is 5.96 Å². The summed E-state index contributed by atoms with van der Waals surface area (Å²) in [6, 6.07) is 3.20. The molecule has 0 bridgehead atoms. The second-order valence-electron chi connectivity index (χ2n) is 4.17. The van der Waals surface area contributed by atoms with E-state index >= 15 is 0 Å². The van der Waals surface area contributed by atoms with Crippen LogP contribution in [-0.2, 0) is 12.8 Å². The summed E-state index contributed by atoms with van der Waals surface area (Å²) >= 11 is 0. The molecule has 6 heteroatoms. The second-order valence-corrected chi connectivity index (χ2v) is 4.17. The third kappa shape index (κ3) is 2.96. The van der Waals surface area contributed by atoms with Gasteiger partial charge in [0.15, 0.2) is 0 Å². The maximum absolute atomic E-state index is 11.9. The summed E-state index contributed by atoms with van der Waals surface area (Å²) in [6.07, 6.45) is 1.41. The summed E-state index contributed by atoms with van der Waals surface area (Å²) in [4.78, 5) is 13.1. The van der Waals surface area contributed by atoms with E-state index in [0.717, 1.165) is 11.1 Å². The van der Waals surface area contributed by atoms with Crippen LogP contribution in [0.15, 0.2) is 12.1 Å². The number of urea groups is 1. The molecule has 6 N–H and O–H groups in total. The standard InChI is InChI=1S/C13H21N5O/c1-4-8-6-10(14)7-9(5-2)11(8)18(12(15)16)13(19)17-3/h6-7H,4-5,14H2,1-3H3,(H3,15,16)(H,17,19). The van der Waals surface area contributed by atoms with Crippen molar-refractivity contribution in [3.8, 4) is 0 Å². The quantitative estimate of drug-likeness (QED) is 0.376. The minimum absolute atomic E-state index is 0.312. The van der Waals surface area contributed by atoms with Crippen molar-refractivity contribution >= 4 is 23.4 Å². The molecule has 2 amide bonds. The van der Waals surface area contributed by atoms with Crippen LogP contribution in [0.2, 0.25) is 0 Å². The average molecular weight is 263 g/mol. The predicted molar refractivity (Wildman–Crippen MR) is 78.5 cm³/mol. The maximum Gasteiger partial charge on any atom is 0.328 e. The molecule has 0 heterocycles. The van der Waals surface area contributed by atoms with Crippen LogP contribution in [0.5, 0.6) is 0 Å². The number of amides is 2. The zero-order valence-corrected chi connectivity index (χ0v) is 11.6. The Morgan fingerprint density at radius 2 is 1.79 bits per heavy atom. The molecule has 0 unspecified atom stereocenters. The van der Waals surface area contributed by atoms with E-state index in [2.05, 4.69) is 5.32 Å². The van der Waals surface area contributed by atoms with E-state index < -0.39 is 6.03 Å². The lowest BCUT2D eigenvalue weighted by Crippen LogP contribution is -2.47. The first kappa shape index (κ1) is 14.8. The van der Waals surface area contributed by atoms with E-state index in [1.165, 1.54) is 11.9 Å². The number of hydrogen-bond acceptors (Lipinski definition) is 3. The lowest BCUT2D eigenvalue weighted by Gasteiger charge is -2.25. The van der Waals surface area contributed by atoms with Crippen LogP contribution in [-0.4, -0.2) is 19.0 Å². The number of guanidine groups is 1. The van der Waals surface area contributed by atoms with Crippen molar-refractivity contribution < 1.29 is 4.79 Å². The van der Waals surface area contributed by atoms with Crippen LogP contribution in [0.25, 0.3) is 0 Å².